The van der Waals surface area contributed by atoms with Gasteiger partial charge < -0.3 is 9.52 Å². The number of aryl methyl sites for hydroxylation is 1. The van der Waals surface area contributed by atoms with Crippen LogP contribution in [0.3, 0.4) is 0 Å². The third-order valence-corrected chi connectivity index (χ3v) is 4.27. The zero-order valence-electron chi connectivity index (χ0n) is 14.1. The van der Waals surface area contributed by atoms with Gasteiger partial charge in [0, 0.05) is 10.9 Å². The number of hydrogen-bond acceptors (Lipinski definition) is 3. The number of carbonyl (C=O) groups excluding carboxylic acids is 1. The van der Waals surface area contributed by atoms with Gasteiger partial charge in [-0.2, -0.15) is 0 Å². The smallest absolute Gasteiger partial charge is 0.335 e. The van der Waals surface area contributed by atoms with Crippen molar-refractivity contribution in [3.63, 3.8) is 0 Å². The van der Waals surface area contributed by atoms with E-state index in [1.54, 1.807) is 12.1 Å². The number of ketones is 1. The van der Waals surface area contributed by atoms with Gasteiger partial charge >= 0.3 is 5.97 Å². The standard InChI is InChI=1S/C21H20O4/c1-2-3-4-5-14-6-8-15(9-7-14)20(22)19-13-17-12-16(21(23)24)10-11-18(17)25-19/h6-13H,2-5H2,1H3,(H,23,24). The van der Waals surface area contributed by atoms with Crippen molar-refractivity contribution in [1.29, 1.82) is 0 Å². The Morgan fingerprint density at radius 2 is 1.68 bits per heavy atom. The Balaban J connectivity index is 1.80. The topological polar surface area (TPSA) is 67.5 Å². The molecule has 1 heterocycles. The van der Waals surface area contributed by atoms with Crippen molar-refractivity contribution in [3.05, 3.63) is 71.0 Å². The molecule has 25 heavy (non-hydrogen) atoms. The van der Waals surface area contributed by atoms with Gasteiger partial charge in [0.15, 0.2) is 5.76 Å². The minimum atomic E-state index is -1.00. The third kappa shape index (κ3) is 3.79. The van der Waals surface area contributed by atoms with Gasteiger partial charge in [-0.3, -0.25) is 4.79 Å². The highest BCUT2D eigenvalue weighted by Gasteiger charge is 2.15. The van der Waals surface area contributed by atoms with Crippen LogP contribution in [0.25, 0.3) is 11.0 Å². The minimum Gasteiger partial charge on any atom is -0.478 e. The van der Waals surface area contributed by atoms with Crippen LogP contribution in [-0.2, 0) is 6.42 Å². The van der Waals surface area contributed by atoms with Gasteiger partial charge in [-0.05, 0) is 42.7 Å². The molecule has 0 unspecified atom stereocenters. The van der Waals surface area contributed by atoms with Gasteiger partial charge in [0.25, 0.3) is 0 Å². The van der Waals surface area contributed by atoms with E-state index in [1.165, 1.54) is 30.5 Å². The number of unbranched alkanes of at least 4 members (excludes halogenated alkanes) is 2. The number of hydrogen-bond donors (Lipinski definition) is 1. The van der Waals surface area contributed by atoms with E-state index in [1.807, 2.05) is 24.3 Å². The van der Waals surface area contributed by atoms with Gasteiger partial charge in [0.05, 0.1) is 5.56 Å². The van der Waals surface area contributed by atoms with Crippen LogP contribution in [0.4, 0.5) is 0 Å². The first-order valence-corrected chi connectivity index (χ1v) is 8.49. The maximum Gasteiger partial charge on any atom is 0.335 e. The first kappa shape index (κ1) is 17.0. The highest BCUT2D eigenvalue weighted by atomic mass is 16.4. The summed E-state index contributed by atoms with van der Waals surface area (Å²) in [5, 5.41) is 9.65. The summed E-state index contributed by atoms with van der Waals surface area (Å²) in [5.41, 5.74) is 2.46. The zero-order valence-corrected chi connectivity index (χ0v) is 14.1. The van der Waals surface area contributed by atoms with Crippen molar-refractivity contribution < 1.29 is 19.1 Å². The quantitative estimate of drug-likeness (QED) is 0.482. The average molecular weight is 336 g/mol. The van der Waals surface area contributed by atoms with E-state index >= 15 is 0 Å². The maximum absolute atomic E-state index is 12.6. The molecule has 0 saturated carbocycles. The predicted molar refractivity (Wildman–Crippen MR) is 96.3 cm³/mol. The molecule has 0 fully saturated rings. The number of aromatic carboxylic acids is 1. The summed E-state index contributed by atoms with van der Waals surface area (Å²) in [5.74, 6) is -0.987. The summed E-state index contributed by atoms with van der Waals surface area (Å²) in [6.45, 7) is 2.18. The maximum atomic E-state index is 12.6. The van der Waals surface area contributed by atoms with Crippen molar-refractivity contribution in [2.45, 2.75) is 32.6 Å². The molecule has 0 bridgehead atoms. The molecule has 0 spiro atoms. The Morgan fingerprint density at radius 3 is 2.36 bits per heavy atom. The summed E-state index contributed by atoms with van der Waals surface area (Å²) in [7, 11) is 0. The number of carbonyl (C=O) groups is 2. The van der Waals surface area contributed by atoms with Crippen molar-refractivity contribution in [2.75, 3.05) is 0 Å². The number of rotatable bonds is 7. The molecule has 0 saturated heterocycles. The Morgan fingerprint density at radius 1 is 0.960 bits per heavy atom. The molecule has 0 amide bonds. The zero-order chi connectivity index (χ0) is 17.8. The number of furan rings is 1. The van der Waals surface area contributed by atoms with E-state index in [2.05, 4.69) is 6.92 Å². The summed E-state index contributed by atoms with van der Waals surface area (Å²) >= 11 is 0. The van der Waals surface area contributed by atoms with E-state index in [4.69, 9.17) is 9.52 Å². The van der Waals surface area contributed by atoms with Gasteiger partial charge in [0.2, 0.25) is 5.78 Å². The molecule has 1 aromatic heterocycles. The molecule has 4 nitrogen and oxygen atoms in total. The monoisotopic (exact) mass is 336 g/mol. The van der Waals surface area contributed by atoms with Crippen LogP contribution in [0.2, 0.25) is 0 Å². The Kier molecular flexibility index (Phi) is 4.98. The third-order valence-electron chi connectivity index (χ3n) is 4.27. The molecule has 0 aliphatic rings. The second kappa shape index (κ2) is 7.34. The first-order chi connectivity index (χ1) is 12.1. The average Bonchev–Trinajstić information content (AvgIpc) is 3.05. The minimum absolute atomic E-state index is 0.170. The number of carboxylic acids is 1. The molecular formula is C21H20O4. The Labute approximate surface area is 146 Å². The lowest BCUT2D eigenvalue weighted by molar-refractivity contribution is 0.0697. The van der Waals surface area contributed by atoms with Crippen LogP contribution < -0.4 is 0 Å². The highest BCUT2D eigenvalue weighted by molar-refractivity contribution is 6.09. The van der Waals surface area contributed by atoms with Crippen LogP contribution in [0, 0.1) is 0 Å². The number of fused-ring (bicyclic) bond motifs is 1. The second-order valence-electron chi connectivity index (χ2n) is 6.15. The molecule has 128 valence electrons. The Hall–Kier alpha value is -2.88. The van der Waals surface area contributed by atoms with E-state index in [0.29, 0.717) is 16.5 Å². The second-order valence-corrected chi connectivity index (χ2v) is 6.15. The number of benzene rings is 2. The van der Waals surface area contributed by atoms with Crippen LogP contribution >= 0.6 is 0 Å². The molecule has 0 aliphatic heterocycles. The normalized spacial score (nSPS) is 10.9. The molecule has 1 N–H and O–H groups in total. The van der Waals surface area contributed by atoms with Crippen LogP contribution in [-0.4, -0.2) is 16.9 Å². The molecule has 0 radical (unpaired) electrons. The molecule has 0 atom stereocenters. The summed E-state index contributed by atoms with van der Waals surface area (Å²) in [4.78, 5) is 23.6. The SMILES string of the molecule is CCCCCc1ccc(C(=O)c2cc3cc(C(=O)O)ccc3o2)cc1. The largest absolute Gasteiger partial charge is 0.478 e. The molecular weight excluding hydrogens is 316 g/mol. The van der Waals surface area contributed by atoms with Gasteiger partial charge in [-0.1, -0.05) is 44.0 Å². The van der Waals surface area contributed by atoms with E-state index in [9.17, 15) is 9.59 Å². The van der Waals surface area contributed by atoms with Crippen molar-refractivity contribution in [1.82, 2.24) is 0 Å². The fourth-order valence-electron chi connectivity index (χ4n) is 2.83. The number of carboxylic acid groups (broad SMARTS) is 1. The van der Waals surface area contributed by atoms with Crippen LogP contribution in [0.15, 0.2) is 52.9 Å². The van der Waals surface area contributed by atoms with E-state index < -0.39 is 5.97 Å². The molecule has 0 aliphatic carbocycles. The van der Waals surface area contributed by atoms with Crippen molar-refractivity contribution >= 4 is 22.7 Å². The van der Waals surface area contributed by atoms with Gasteiger partial charge in [-0.15, -0.1) is 0 Å². The predicted octanol–water partition coefficient (Wildman–Crippen LogP) is 5.09. The van der Waals surface area contributed by atoms with Gasteiger partial charge in [-0.25, -0.2) is 4.79 Å². The summed E-state index contributed by atoms with van der Waals surface area (Å²) in [6.07, 6.45) is 4.56. The van der Waals surface area contributed by atoms with E-state index in [-0.39, 0.29) is 17.1 Å². The fraction of sp³-hybridized carbons (Fsp3) is 0.238. The van der Waals surface area contributed by atoms with Crippen LogP contribution in [0.5, 0.6) is 0 Å². The fourth-order valence-corrected chi connectivity index (χ4v) is 2.83. The first-order valence-electron chi connectivity index (χ1n) is 8.49. The lowest BCUT2D eigenvalue weighted by atomic mass is 10.0. The van der Waals surface area contributed by atoms with Crippen molar-refractivity contribution in [3.8, 4) is 0 Å². The lowest BCUT2D eigenvalue weighted by Gasteiger charge is -2.02. The molecule has 3 aromatic rings. The highest BCUT2D eigenvalue weighted by Crippen LogP contribution is 2.23. The summed E-state index contributed by atoms with van der Waals surface area (Å²) in [6, 6.07) is 13.7. The van der Waals surface area contributed by atoms with Crippen molar-refractivity contribution in [2.24, 2.45) is 0 Å². The van der Waals surface area contributed by atoms with Gasteiger partial charge in [0.1, 0.15) is 5.58 Å². The summed E-state index contributed by atoms with van der Waals surface area (Å²) < 4.78 is 5.59. The van der Waals surface area contributed by atoms with E-state index in [0.717, 1.165) is 12.8 Å². The molecule has 2 aromatic carbocycles. The molecule has 3 rings (SSSR count). The molecule has 4 heteroatoms. The lowest BCUT2D eigenvalue weighted by Crippen LogP contribution is -1.99. The Bertz CT molecular complexity index is 903. The van der Waals surface area contributed by atoms with Crippen LogP contribution in [0.1, 0.15) is 58.2 Å².